The average molecular weight is 364 g/mol. The summed E-state index contributed by atoms with van der Waals surface area (Å²) >= 11 is 0. The van der Waals surface area contributed by atoms with Crippen LogP contribution in [0.1, 0.15) is 19.5 Å². The molecular weight excluding hydrogens is 340 g/mol. The number of hydrogen-bond donors (Lipinski definition) is 2. The molecule has 0 radical (unpaired) electrons. The largest absolute Gasteiger partial charge is 0.495 e. The molecule has 0 aliphatic heterocycles. The summed E-state index contributed by atoms with van der Waals surface area (Å²) in [5.41, 5.74) is 2.50. The molecule has 3 aromatic rings. The number of aromatic nitrogens is 2. The highest BCUT2D eigenvalue weighted by atomic mass is 16.5. The number of nitrogens with zero attached hydrogens (tertiary/aromatic N) is 2. The summed E-state index contributed by atoms with van der Waals surface area (Å²) in [6.07, 6.45) is 0.0779. The molecule has 0 unspecified atom stereocenters. The van der Waals surface area contributed by atoms with Crippen molar-refractivity contribution in [1.82, 2.24) is 9.97 Å². The number of benzene rings is 2. The third-order valence-corrected chi connectivity index (χ3v) is 3.72. The Morgan fingerprint density at radius 2 is 1.48 bits per heavy atom. The summed E-state index contributed by atoms with van der Waals surface area (Å²) in [7, 11) is 1.64. The third kappa shape index (κ3) is 4.88. The fourth-order valence-electron chi connectivity index (χ4n) is 2.62. The first-order chi connectivity index (χ1) is 13.0. The number of rotatable bonds is 7. The first-order valence-electron chi connectivity index (χ1n) is 8.83. The van der Waals surface area contributed by atoms with Crippen LogP contribution < -0.4 is 20.1 Å². The minimum Gasteiger partial charge on any atom is -0.495 e. The Hall–Kier alpha value is -3.28. The highest BCUT2D eigenvalue weighted by molar-refractivity contribution is 5.67. The lowest BCUT2D eigenvalue weighted by molar-refractivity contribution is 0.244. The van der Waals surface area contributed by atoms with Gasteiger partial charge < -0.3 is 20.1 Å². The van der Waals surface area contributed by atoms with Crippen molar-refractivity contribution >= 4 is 23.1 Å². The molecule has 0 amide bonds. The van der Waals surface area contributed by atoms with Crippen molar-refractivity contribution in [3.63, 3.8) is 0 Å². The zero-order chi connectivity index (χ0) is 19.2. The minimum absolute atomic E-state index is 0.0779. The second-order valence-corrected chi connectivity index (χ2v) is 6.33. The van der Waals surface area contributed by atoms with Gasteiger partial charge in [0.25, 0.3) is 0 Å². The predicted molar refractivity (Wildman–Crippen MR) is 109 cm³/mol. The van der Waals surface area contributed by atoms with Gasteiger partial charge >= 0.3 is 0 Å². The lowest BCUT2D eigenvalue weighted by Gasteiger charge is -2.16. The summed E-state index contributed by atoms with van der Waals surface area (Å²) in [4.78, 5) is 9.06. The summed E-state index contributed by atoms with van der Waals surface area (Å²) in [6.45, 7) is 5.92. The van der Waals surface area contributed by atoms with Gasteiger partial charge in [-0.15, -0.1) is 0 Å². The third-order valence-electron chi connectivity index (χ3n) is 3.72. The number of para-hydroxylation sites is 4. The minimum atomic E-state index is 0.0779. The molecule has 1 aromatic heterocycles. The zero-order valence-corrected chi connectivity index (χ0v) is 16.0. The Balaban J connectivity index is 1.86. The Bertz CT molecular complexity index is 912. The molecule has 2 aromatic carbocycles. The van der Waals surface area contributed by atoms with E-state index in [1.54, 1.807) is 7.11 Å². The van der Waals surface area contributed by atoms with Crippen LogP contribution in [0.15, 0.2) is 54.6 Å². The highest BCUT2D eigenvalue weighted by Crippen LogP contribution is 2.29. The van der Waals surface area contributed by atoms with E-state index in [1.165, 1.54) is 0 Å². The van der Waals surface area contributed by atoms with E-state index < -0.39 is 0 Å². The van der Waals surface area contributed by atoms with Crippen LogP contribution in [-0.4, -0.2) is 23.2 Å². The maximum absolute atomic E-state index is 5.85. The number of aryl methyl sites for hydroxylation is 1. The maximum Gasteiger partial charge on any atom is 0.229 e. The maximum atomic E-state index is 5.85. The van der Waals surface area contributed by atoms with Gasteiger partial charge in [0.1, 0.15) is 17.3 Å². The molecular formula is C21H24N4O2. The number of ether oxygens (including phenoxy) is 2. The van der Waals surface area contributed by atoms with Crippen LogP contribution in [0.25, 0.3) is 0 Å². The Labute approximate surface area is 159 Å². The van der Waals surface area contributed by atoms with Crippen LogP contribution >= 0.6 is 0 Å². The predicted octanol–water partition coefficient (Wildman–Crippen LogP) is 5.07. The van der Waals surface area contributed by atoms with Gasteiger partial charge in [0.2, 0.25) is 5.95 Å². The van der Waals surface area contributed by atoms with Gasteiger partial charge in [-0.25, -0.2) is 4.98 Å². The molecule has 1 heterocycles. The molecule has 6 nitrogen and oxygen atoms in total. The van der Waals surface area contributed by atoms with Crippen LogP contribution in [0.2, 0.25) is 0 Å². The molecule has 140 valence electrons. The van der Waals surface area contributed by atoms with Crippen molar-refractivity contribution in [3.05, 3.63) is 60.3 Å². The normalized spacial score (nSPS) is 10.6. The van der Waals surface area contributed by atoms with Crippen LogP contribution in [0.4, 0.5) is 23.1 Å². The molecule has 0 aliphatic rings. The second kappa shape index (κ2) is 8.40. The zero-order valence-electron chi connectivity index (χ0n) is 16.0. The van der Waals surface area contributed by atoms with E-state index in [0.717, 1.165) is 28.6 Å². The lowest BCUT2D eigenvalue weighted by Crippen LogP contribution is -2.08. The van der Waals surface area contributed by atoms with Crippen molar-refractivity contribution in [3.8, 4) is 11.5 Å². The van der Waals surface area contributed by atoms with Gasteiger partial charge in [-0.1, -0.05) is 24.3 Å². The van der Waals surface area contributed by atoms with Gasteiger partial charge in [-0.05, 0) is 45.0 Å². The number of hydrogen-bond acceptors (Lipinski definition) is 6. The topological polar surface area (TPSA) is 68.3 Å². The van der Waals surface area contributed by atoms with E-state index in [4.69, 9.17) is 9.47 Å². The van der Waals surface area contributed by atoms with Gasteiger partial charge in [0, 0.05) is 11.8 Å². The van der Waals surface area contributed by atoms with Gasteiger partial charge in [-0.2, -0.15) is 4.98 Å². The van der Waals surface area contributed by atoms with Crippen LogP contribution in [-0.2, 0) is 0 Å². The first-order valence-corrected chi connectivity index (χ1v) is 8.83. The molecule has 0 saturated heterocycles. The SMILES string of the molecule is COc1ccccc1Nc1cc(C)nc(Nc2ccccc2OC(C)C)n1. The molecule has 0 saturated carbocycles. The lowest BCUT2D eigenvalue weighted by atomic mass is 10.3. The summed E-state index contributed by atoms with van der Waals surface area (Å²) in [5.74, 6) is 2.68. The molecule has 0 bridgehead atoms. The second-order valence-electron chi connectivity index (χ2n) is 6.33. The quantitative estimate of drug-likeness (QED) is 0.610. The molecule has 0 aliphatic carbocycles. The fourth-order valence-corrected chi connectivity index (χ4v) is 2.62. The summed E-state index contributed by atoms with van der Waals surface area (Å²) < 4.78 is 11.2. The number of anilines is 4. The fraction of sp³-hybridized carbons (Fsp3) is 0.238. The van der Waals surface area contributed by atoms with Crippen molar-refractivity contribution in [2.45, 2.75) is 26.9 Å². The van der Waals surface area contributed by atoms with E-state index in [0.29, 0.717) is 11.8 Å². The van der Waals surface area contributed by atoms with Crippen molar-refractivity contribution in [2.75, 3.05) is 17.7 Å². The van der Waals surface area contributed by atoms with Gasteiger partial charge in [0.05, 0.1) is 24.6 Å². The van der Waals surface area contributed by atoms with Crippen LogP contribution in [0.3, 0.4) is 0 Å². The van der Waals surface area contributed by atoms with Crippen molar-refractivity contribution in [1.29, 1.82) is 0 Å². The molecule has 3 rings (SSSR count). The van der Waals surface area contributed by atoms with E-state index >= 15 is 0 Å². The molecule has 27 heavy (non-hydrogen) atoms. The molecule has 2 N–H and O–H groups in total. The van der Waals surface area contributed by atoms with Gasteiger partial charge in [0.15, 0.2) is 0 Å². The van der Waals surface area contributed by atoms with E-state index in [9.17, 15) is 0 Å². The summed E-state index contributed by atoms with van der Waals surface area (Å²) in [6, 6.07) is 17.3. The van der Waals surface area contributed by atoms with Crippen LogP contribution in [0, 0.1) is 6.92 Å². The van der Waals surface area contributed by atoms with E-state index in [1.807, 2.05) is 75.4 Å². The monoisotopic (exact) mass is 364 g/mol. The number of nitrogens with one attached hydrogen (secondary N) is 2. The Kier molecular flexibility index (Phi) is 5.76. The highest BCUT2D eigenvalue weighted by Gasteiger charge is 2.09. The molecule has 0 spiro atoms. The smallest absolute Gasteiger partial charge is 0.229 e. The Morgan fingerprint density at radius 1 is 0.852 bits per heavy atom. The first kappa shape index (κ1) is 18.5. The van der Waals surface area contributed by atoms with E-state index in [-0.39, 0.29) is 6.10 Å². The standard InChI is InChI=1S/C21H24N4O2/c1-14(2)27-19-12-8-6-10-17(19)24-21-22-15(3)13-20(25-21)23-16-9-5-7-11-18(16)26-4/h5-14H,1-4H3,(H2,22,23,24,25). The van der Waals surface area contributed by atoms with Crippen molar-refractivity contribution < 1.29 is 9.47 Å². The average Bonchev–Trinajstić information content (AvgIpc) is 2.63. The summed E-state index contributed by atoms with van der Waals surface area (Å²) in [5, 5.41) is 6.54. The van der Waals surface area contributed by atoms with E-state index in [2.05, 4.69) is 20.6 Å². The van der Waals surface area contributed by atoms with Gasteiger partial charge in [-0.3, -0.25) is 0 Å². The molecule has 0 atom stereocenters. The molecule has 6 heteroatoms. The molecule has 0 fully saturated rings. The van der Waals surface area contributed by atoms with Crippen molar-refractivity contribution in [2.24, 2.45) is 0 Å². The Morgan fingerprint density at radius 3 is 2.15 bits per heavy atom. The number of methoxy groups -OCH3 is 1. The van der Waals surface area contributed by atoms with Crippen LogP contribution in [0.5, 0.6) is 11.5 Å².